The standard InChI is InChI=1S/C15H25N3O/c1-12-10-14(15(19-3)11-17-12)18-8-5-13(6-9-18)4-7-16-2/h10-11,13,16H,4-9H2,1-3H3. The van der Waals surface area contributed by atoms with E-state index in [1.54, 1.807) is 7.11 Å². The predicted molar refractivity (Wildman–Crippen MR) is 79.0 cm³/mol. The summed E-state index contributed by atoms with van der Waals surface area (Å²) in [6.07, 6.45) is 5.66. The first-order valence-electron chi connectivity index (χ1n) is 7.14. The summed E-state index contributed by atoms with van der Waals surface area (Å²) >= 11 is 0. The van der Waals surface area contributed by atoms with Gasteiger partial charge in [-0.05, 0) is 51.8 Å². The lowest BCUT2D eigenvalue weighted by atomic mass is 9.93. The van der Waals surface area contributed by atoms with Gasteiger partial charge in [0.15, 0.2) is 5.75 Å². The molecule has 1 aliphatic rings. The second-order valence-electron chi connectivity index (χ2n) is 5.32. The van der Waals surface area contributed by atoms with Crippen molar-refractivity contribution in [2.24, 2.45) is 5.92 Å². The molecule has 0 amide bonds. The van der Waals surface area contributed by atoms with E-state index in [9.17, 15) is 0 Å². The molecule has 0 aliphatic carbocycles. The molecule has 0 spiro atoms. The fraction of sp³-hybridized carbons (Fsp3) is 0.667. The molecule has 0 unspecified atom stereocenters. The van der Waals surface area contributed by atoms with Crippen LogP contribution in [0, 0.1) is 12.8 Å². The molecule has 1 N–H and O–H groups in total. The van der Waals surface area contributed by atoms with E-state index in [1.807, 2.05) is 20.2 Å². The van der Waals surface area contributed by atoms with E-state index < -0.39 is 0 Å². The highest BCUT2D eigenvalue weighted by Crippen LogP contribution is 2.32. The largest absolute Gasteiger partial charge is 0.493 e. The third-order valence-electron chi connectivity index (χ3n) is 3.96. The van der Waals surface area contributed by atoms with E-state index >= 15 is 0 Å². The number of nitrogens with zero attached hydrogens (tertiary/aromatic N) is 2. The lowest BCUT2D eigenvalue weighted by molar-refractivity contribution is 0.371. The van der Waals surface area contributed by atoms with Gasteiger partial charge in [0, 0.05) is 18.8 Å². The Bertz CT molecular complexity index is 400. The number of ether oxygens (including phenoxy) is 1. The number of aromatic nitrogens is 1. The van der Waals surface area contributed by atoms with Gasteiger partial charge >= 0.3 is 0 Å². The van der Waals surface area contributed by atoms with Crippen LogP contribution >= 0.6 is 0 Å². The third kappa shape index (κ3) is 3.60. The molecule has 1 aromatic rings. The van der Waals surface area contributed by atoms with Gasteiger partial charge in [0.05, 0.1) is 19.0 Å². The molecule has 19 heavy (non-hydrogen) atoms. The third-order valence-corrected chi connectivity index (χ3v) is 3.96. The summed E-state index contributed by atoms with van der Waals surface area (Å²) < 4.78 is 5.43. The summed E-state index contributed by atoms with van der Waals surface area (Å²) in [6, 6.07) is 2.13. The van der Waals surface area contributed by atoms with Gasteiger partial charge in [-0.1, -0.05) is 0 Å². The van der Waals surface area contributed by atoms with Crippen LogP contribution in [0.1, 0.15) is 25.0 Å². The normalized spacial score (nSPS) is 16.7. The molecule has 2 rings (SSSR count). The van der Waals surface area contributed by atoms with Crippen LogP contribution < -0.4 is 15.0 Å². The van der Waals surface area contributed by atoms with Crippen LogP contribution in [0.5, 0.6) is 5.75 Å². The average Bonchev–Trinajstić information content (AvgIpc) is 2.45. The summed E-state index contributed by atoms with van der Waals surface area (Å²) in [5.74, 6) is 1.75. The van der Waals surface area contributed by atoms with Crippen LogP contribution in [0.25, 0.3) is 0 Å². The summed E-state index contributed by atoms with van der Waals surface area (Å²) in [4.78, 5) is 6.73. The molecule has 1 aliphatic heterocycles. The zero-order chi connectivity index (χ0) is 13.7. The number of nitrogens with one attached hydrogen (secondary N) is 1. The number of rotatable bonds is 5. The maximum atomic E-state index is 5.43. The number of aryl methyl sites for hydroxylation is 1. The van der Waals surface area contributed by atoms with Crippen molar-refractivity contribution >= 4 is 5.69 Å². The van der Waals surface area contributed by atoms with Gasteiger partial charge in [-0.3, -0.25) is 4.98 Å². The van der Waals surface area contributed by atoms with Gasteiger partial charge in [-0.2, -0.15) is 0 Å². The van der Waals surface area contributed by atoms with Crippen molar-refractivity contribution in [1.29, 1.82) is 0 Å². The number of pyridine rings is 1. The fourth-order valence-corrected chi connectivity index (χ4v) is 2.75. The second kappa shape index (κ2) is 6.75. The zero-order valence-electron chi connectivity index (χ0n) is 12.3. The van der Waals surface area contributed by atoms with Gasteiger partial charge in [-0.25, -0.2) is 0 Å². The van der Waals surface area contributed by atoms with Crippen LogP contribution in [0.15, 0.2) is 12.3 Å². The van der Waals surface area contributed by atoms with Gasteiger partial charge in [0.1, 0.15) is 0 Å². The Morgan fingerprint density at radius 2 is 2.16 bits per heavy atom. The first-order chi connectivity index (χ1) is 9.24. The van der Waals surface area contributed by atoms with Crippen LogP contribution in [0.3, 0.4) is 0 Å². The van der Waals surface area contributed by atoms with E-state index in [2.05, 4.69) is 21.3 Å². The highest BCUT2D eigenvalue weighted by atomic mass is 16.5. The molecule has 0 saturated carbocycles. The zero-order valence-corrected chi connectivity index (χ0v) is 12.3. The lowest BCUT2D eigenvalue weighted by Gasteiger charge is -2.34. The van der Waals surface area contributed by atoms with Crippen LogP contribution in [0.4, 0.5) is 5.69 Å². The molecule has 1 fully saturated rings. The second-order valence-corrected chi connectivity index (χ2v) is 5.32. The van der Waals surface area contributed by atoms with Crippen molar-refractivity contribution in [1.82, 2.24) is 10.3 Å². The topological polar surface area (TPSA) is 37.4 Å². The molecule has 0 radical (unpaired) electrons. The molecule has 1 saturated heterocycles. The van der Waals surface area contributed by atoms with Crippen LogP contribution in [0.2, 0.25) is 0 Å². The molecule has 2 heterocycles. The van der Waals surface area contributed by atoms with E-state index in [-0.39, 0.29) is 0 Å². The summed E-state index contributed by atoms with van der Waals surface area (Å²) in [6.45, 7) is 5.40. The molecule has 4 heteroatoms. The molecule has 0 bridgehead atoms. The van der Waals surface area contributed by atoms with E-state index in [1.165, 1.54) is 24.9 Å². The van der Waals surface area contributed by atoms with Crippen molar-refractivity contribution in [3.8, 4) is 5.75 Å². The number of piperidine rings is 1. The minimum atomic E-state index is 0.859. The SMILES string of the molecule is CNCCC1CCN(c2cc(C)ncc2OC)CC1. The maximum Gasteiger partial charge on any atom is 0.160 e. The fourth-order valence-electron chi connectivity index (χ4n) is 2.75. The van der Waals surface area contributed by atoms with Crippen molar-refractivity contribution in [2.75, 3.05) is 38.7 Å². The molecular weight excluding hydrogens is 238 g/mol. The summed E-state index contributed by atoms with van der Waals surface area (Å²) in [7, 11) is 3.75. The minimum Gasteiger partial charge on any atom is -0.493 e. The van der Waals surface area contributed by atoms with Crippen molar-refractivity contribution < 1.29 is 4.74 Å². The quantitative estimate of drug-likeness (QED) is 0.884. The number of hydrogen-bond acceptors (Lipinski definition) is 4. The Kier molecular flexibility index (Phi) is 5.02. The Balaban J connectivity index is 1.99. The van der Waals surface area contributed by atoms with Gasteiger partial charge in [-0.15, -0.1) is 0 Å². The monoisotopic (exact) mass is 263 g/mol. The van der Waals surface area contributed by atoms with Gasteiger partial charge in [0.2, 0.25) is 0 Å². The lowest BCUT2D eigenvalue weighted by Crippen LogP contribution is -2.34. The summed E-state index contributed by atoms with van der Waals surface area (Å²) in [5.41, 5.74) is 2.25. The number of hydrogen-bond donors (Lipinski definition) is 1. The van der Waals surface area contributed by atoms with Crippen molar-refractivity contribution in [3.05, 3.63) is 18.0 Å². The van der Waals surface area contributed by atoms with Crippen LogP contribution in [-0.4, -0.2) is 38.8 Å². The minimum absolute atomic E-state index is 0.859. The number of methoxy groups -OCH3 is 1. The molecular formula is C15H25N3O. The van der Waals surface area contributed by atoms with E-state index in [0.29, 0.717) is 0 Å². The Morgan fingerprint density at radius 1 is 1.42 bits per heavy atom. The van der Waals surface area contributed by atoms with Crippen molar-refractivity contribution in [3.63, 3.8) is 0 Å². The smallest absolute Gasteiger partial charge is 0.160 e. The van der Waals surface area contributed by atoms with Crippen LogP contribution in [-0.2, 0) is 0 Å². The number of anilines is 1. The van der Waals surface area contributed by atoms with E-state index in [4.69, 9.17) is 4.74 Å². The molecule has 4 nitrogen and oxygen atoms in total. The first-order valence-corrected chi connectivity index (χ1v) is 7.14. The average molecular weight is 263 g/mol. The highest BCUT2D eigenvalue weighted by Gasteiger charge is 2.21. The van der Waals surface area contributed by atoms with Crippen molar-refractivity contribution in [2.45, 2.75) is 26.2 Å². The highest BCUT2D eigenvalue weighted by molar-refractivity contribution is 5.58. The van der Waals surface area contributed by atoms with Gasteiger partial charge < -0.3 is 15.0 Å². The van der Waals surface area contributed by atoms with Gasteiger partial charge in [0.25, 0.3) is 0 Å². The first kappa shape index (κ1) is 14.1. The summed E-state index contributed by atoms with van der Waals surface area (Å²) in [5, 5.41) is 3.24. The molecule has 1 aromatic heterocycles. The Morgan fingerprint density at radius 3 is 2.79 bits per heavy atom. The maximum absolute atomic E-state index is 5.43. The molecule has 0 atom stereocenters. The Labute approximate surface area is 116 Å². The molecule has 0 aromatic carbocycles. The molecule has 106 valence electrons. The Hall–Kier alpha value is -1.29. The van der Waals surface area contributed by atoms with E-state index in [0.717, 1.165) is 37.0 Å². The predicted octanol–water partition coefficient (Wildman–Crippen LogP) is 2.22.